The first-order valence-corrected chi connectivity index (χ1v) is 6.79. The van der Waals surface area contributed by atoms with Crippen molar-refractivity contribution < 1.29 is 14.3 Å². The number of halogens is 1. The smallest absolute Gasteiger partial charge is 0.407 e. The number of rotatable bonds is 4. The average Bonchev–Trinajstić information content (AvgIpc) is 2.24. The fourth-order valence-corrected chi connectivity index (χ4v) is 1.82. The number of alkyl carbamates (subject to hydrolysis) is 1. The van der Waals surface area contributed by atoms with Gasteiger partial charge in [-0.05, 0) is 55.3 Å². The van der Waals surface area contributed by atoms with Crippen LogP contribution < -0.4 is 10.1 Å². The second kappa shape index (κ2) is 6.75. The number of carbonyl (C=O) groups is 1. The topological polar surface area (TPSA) is 60.5 Å². The van der Waals surface area contributed by atoms with Gasteiger partial charge in [0.2, 0.25) is 5.88 Å². The standard InChI is InChI=1S/C13H19BrN2O3/c1-9-7-10(14)11(16-8-9)18-6-5-15-12(17)19-13(2,3)4/h7-8H,5-6H2,1-4H3,(H,15,17). The molecule has 5 nitrogen and oxygen atoms in total. The minimum Gasteiger partial charge on any atom is -0.475 e. The van der Waals surface area contributed by atoms with Gasteiger partial charge in [-0.2, -0.15) is 0 Å². The Hall–Kier alpha value is -1.30. The fraction of sp³-hybridized carbons (Fsp3) is 0.538. The van der Waals surface area contributed by atoms with Crippen molar-refractivity contribution in [1.29, 1.82) is 0 Å². The van der Waals surface area contributed by atoms with Gasteiger partial charge in [0.15, 0.2) is 0 Å². The van der Waals surface area contributed by atoms with Gasteiger partial charge in [0.25, 0.3) is 0 Å². The van der Waals surface area contributed by atoms with Crippen LogP contribution in [0.1, 0.15) is 26.3 Å². The normalized spacial score (nSPS) is 11.0. The summed E-state index contributed by atoms with van der Waals surface area (Å²) < 4.78 is 11.3. The highest BCUT2D eigenvalue weighted by Crippen LogP contribution is 2.22. The minimum absolute atomic E-state index is 0.327. The Morgan fingerprint density at radius 2 is 2.16 bits per heavy atom. The van der Waals surface area contributed by atoms with E-state index in [-0.39, 0.29) is 0 Å². The molecule has 0 aliphatic heterocycles. The predicted molar refractivity (Wildman–Crippen MR) is 76.4 cm³/mol. The molecule has 0 atom stereocenters. The van der Waals surface area contributed by atoms with E-state index < -0.39 is 11.7 Å². The second-order valence-corrected chi connectivity index (χ2v) is 5.93. The molecule has 0 bridgehead atoms. The Labute approximate surface area is 121 Å². The van der Waals surface area contributed by atoms with Crippen LogP contribution in [0.25, 0.3) is 0 Å². The van der Waals surface area contributed by atoms with Crippen LogP contribution in [0.4, 0.5) is 4.79 Å². The number of aromatic nitrogens is 1. The molecule has 0 aromatic carbocycles. The summed E-state index contributed by atoms with van der Waals surface area (Å²) >= 11 is 3.37. The number of hydrogen-bond donors (Lipinski definition) is 1. The highest BCUT2D eigenvalue weighted by atomic mass is 79.9. The first-order valence-electron chi connectivity index (χ1n) is 6.00. The monoisotopic (exact) mass is 330 g/mol. The summed E-state index contributed by atoms with van der Waals surface area (Å²) in [5.41, 5.74) is 0.554. The van der Waals surface area contributed by atoms with E-state index >= 15 is 0 Å². The van der Waals surface area contributed by atoms with Gasteiger partial charge in [-0.1, -0.05) is 0 Å². The molecular weight excluding hydrogens is 312 g/mol. The highest BCUT2D eigenvalue weighted by Gasteiger charge is 2.15. The van der Waals surface area contributed by atoms with E-state index in [9.17, 15) is 4.79 Å². The van der Waals surface area contributed by atoms with Gasteiger partial charge in [0.1, 0.15) is 12.2 Å². The molecule has 0 radical (unpaired) electrons. The third-order valence-electron chi connectivity index (χ3n) is 1.95. The van der Waals surface area contributed by atoms with Crippen molar-refractivity contribution in [1.82, 2.24) is 10.3 Å². The van der Waals surface area contributed by atoms with Gasteiger partial charge in [0.05, 0.1) is 11.0 Å². The van der Waals surface area contributed by atoms with E-state index in [4.69, 9.17) is 9.47 Å². The van der Waals surface area contributed by atoms with Gasteiger partial charge in [-0.3, -0.25) is 0 Å². The summed E-state index contributed by atoms with van der Waals surface area (Å²) in [4.78, 5) is 15.5. The van der Waals surface area contributed by atoms with Gasteiger partial charge >= 0.3 is 6.09 Å². The highest BCUT2D eigenvalue weighted by molar-refractivity contribution is 9.10. The molecule has 0 aliphatic rings. The summed E-state index contributed by atoms with van der Waals surface area (Å²) in [6.45, 7) is 8.08. The maximum absolute atomic E-state index is 11.4. The molecule has 0 spiro atoms. The zero-order valence-electron chi connectivity index (χ0n) is 11.6. The van der Waals surface area contributed by atoms with E-state index in [0.717, 1.165) is 10.0 Å². The Kier molecular flexibility index (Phi) is 5.60. The van der Waals surface area contributed by atoms with Gasteiger partial charge in [-0.25, -0.2) is 9.78 Å². The molecule has 6 heteroatoms. The van der Waals surface area contributed by atoms with Crippen LogP contribution in [0.15, 0.2) is 16.7 Å². The lowest BCUT2D eigenvalue weighted by Crippen LogP contribution is -2.34. The van der Waals surface area contributed by atoms with Crippen LogP contribution in [-0.4, -0.2) is 29.8 Å². The number of nitrogens with one attached hydrogen (secondary N) is 1. The Morgan fingerprint density at radius 1 is 1.47 bits per heavy atom. The number of ether oxygens (including phenoxy) is 2. The summed E-state index contributed by atoms with van der Waals surface area (Å²) in [6.07, 6.45) is 1.27. The molecule has 0 fully saturated rings. The zero-order chi connectivity index (χ0) is 14.5. The van der Waals surface area contributed by atoms with Crippen molar-refractivity contribution >= 4 is 22.0 Å². The molecular formula is C13H19BrN2O3. The molecule has 19 heavy (non-hydrogen) atoms. The first kappa shape index (κ1) is 15.8. The number of carbonyl (C=O) groups excluding carboxylic acids is 1. The van der Waals surface area contributed by atoms with Crippen molar-refractivity contribution in [2.45, 2.75) is 33.3 Å². The Morgan fingerprint density at radius 3 is 2.74 bits per heavy atom. The van der Waals surface area contributed by atoms with Crippen molar-refractivity contribution in [3.63, 3.8) is 0 Å². The lowest BCUT2D eigenvalue weighted by Gasteiger charge is -2.19. The maximum Gasteiger partial charge on any atom is 0.407 e. The quantitative estimate of drug-likeness (QED) is 0.862. The van der Waals surface area contributed by atoms with Crippen LogP contribution in [0.5, 0.6) is 5.88 Å². The number of hydrogen-bond acceptors (Lipinski definition) is 4. The van der Waals surface area contributed by atoms with Crippen LogP contribution in [0, 0.1) is 6.92 Å². The molecule has 1 N–H and O–H groups in total. The lowest BCUT2D eigenvalue weighted by atomic mass is 10.2. The average molecular weight is 331 g/mol. The summed E-state index contributed by atoms with van der Waals surface area (Å²) in [5.74, 6) is 0.511. The van der Waals surface area contributed by atoms with E-state index in [1.54, 1.807) is 6.20 Å². The number of aryl methyl sites for hydroxylation is 1. The van der Waals surface area contributed by atoms with E-state index in [1.165, 1.54) is 0 Å². The fourth-order valence-electron chi connectivity index (χ4n) is 1.24. The SMILES string of the molecule is Cc1cnc(OCCNC(=O)OC(C)(C)C)c(Br)c1. The summed E-state index contributed by atoms with van der Waals surface area (Å²) in [7, 11) is 0. The Bertz CT molecular complexity index is 444. The van der Waals surface area contributed by atoms with Gasteiger partial charge in [-0.15, -0.1) is 0 Å². The van der Waals surface area contributed by atoms with Gasteiger partial charge < -0.3 is 14.8 Å². The number of nitrogens with zero attached hydrogens (tertiary/aromatic N) is 1. The lowest BCUT2D eigenvalue weighted by molar-refractivity contribution is 0.0520. The molecule has 1 aromatic rings. The van der Waals surface area contributed by atoms with Gasteiger partial charge in [0, 0.05) is 6.20 Å². The molecule has 106 valence electrons. The summed E-state index contributed by atoms with van der Waals surface area (Å²) in [5, 5.41) is 2.61. The Balaban J connectivity index is 2.29. The molecule has 0 saturated carbocycles. The van der Waals surface area contributed by atoms with Crippen molar-refractivity contribution in [3.05, 3.63) is 22.3 Å². The summed E-state index contributed by atoms with van der Waals surface area (Å²) in [6, 6.07) is 1.92. The second-order valence-electron chi connectivity index (χ2n) is 5.08. The third kappa shape index (κ3) is 6.42. The molecule has 1 aromatic heterocycles. The predicted octanol–water partition coefficient (Wildman–Crippen LogP) is 3.06. The van der Waals surface area contributed by atoms with E-state index in [2.05, 4.69) is 26.2 Å². The maximum atomic E-state index is 11.4. The largest absolute Gasteiger partial charge is 0.475 e. The molecule has 0 aliphatic carbocycles. The molecule has 1 heterocycles. The van der Waals surface area contributed by atoms with Crippen LogP contribution in [-0.2, 0) is 4.74 Å². The molecule has 1 amide bonds. The van der Waals surface area contributed by atoms with Crippen molar-refractivity contribution in [3.8, 4) is 5.88 Å². The molecule has 1 rings (SSSR count). The van der Waals surface area contributed by atoms with Crippen LogP contribution >= 0.6 is 15.9 Å². The van der Waals surface area contributed by atoms with Crippen molar-refractivity contribution in [2.75, 3.05) is 13.2 Å². The third-order valence-corrected chi connectivity index (χ3v) is 2.52. The number of amides is 1. The minimum atomic E-state index is -0.494. The van der Waals surface area contributed by atoms with E-state index in [0.29, 0.717) is 19.0 Å². The van der Waals surface area contributed by atoms with Crippen LogP contribution in [0.2, 0.25) is 0 Å². The number of pyridine rings is 1. The molecule has 0 unspecified atom stereocenters. The molecule has 0 saturated heterocycles. The van der Waals surface area contributed by atoms with Crippen molar-refractivity contribution in [2.24, 2.45) is 0 Å². The van der Waals surface area contributed by atoms with E-state index in [1.807, 2.05) is 33.8 Å². The zero-order valence-corrected chi connectivity index (χ0v) is 13.2. The first-order chi connectivity index (χ1) is 8.78. The van der Waals surface area contributed by atoms with Crippen LogP contribution in [0.3, 0.4) is 0 Å².